The van der Waals surface area contributed by atoms with Gasteiger partial charge in [-0.1, -0.05) is 39.8 Å². The van der Waals surface area contributed by atoms with E-state index in [1.54, 1.807) is 13.8 Å². The van der Waals surface area contributed by atoms with Crippen LogP contribution in [0.25, 0.3) is 0 Å². The second-order valence-corrected chi connectivity index (χ2v) is 4.78. The quantitative estimate of drug-likeness (QED) is 0.531. The molecule has 0 atom stereocenters. The van der Waals surface area contributed by atoms with Gasteiger partial charge in [0, 0.05) is 24.2 Å². The zero-order valence-corrected chi connectivity index (χ0v) is 13.5. The predicted molar refractivity (Wildman–Crippen MR) is 85.5 cm³/mol. The topological polar surface area (TPSA) is 58.2 Å². The first-order chi connectivity index (χ1) is 9.36. The van der Waals surface area contributed by atoms with E-state index in [0.29, 0.717) is 11.1 Å². The maximum absolute atomic E-state index is 10.8. The Morgan fingerprint density at radius 3 is 1.30 bits per heavy atom. The lowest BCUT2D eigenvalue weighted by Crippen LogP contribution is -2.24. The van der Waals surface area contributed by atoms with Gasteiger partial charge in [-0.2, -0.15) is 0 Å². The van der Waals surface area contributed by atoms with Crippen LogP contribution in [0.5, 0.6) is 0 Å². The van der Waals surface area contributed by atoms with E-state index in [1.807, 2.05) is 0 Å². The summed E-state index contributed by atoms with van der Waals surface area (Å²) in [6.07, 6.45) is 4.30. The van der Waals surface area contributed by atoms with Crippen LogP contribution in [0.2, 0.25) is 0 Å². The molecule has 20 heavy (non-hydrogen) atoms. The van der Waals surface area contributed by atoms with Gasteiger partial charge in [0.1, 0.15) is 0 Å². The van der Waals surface area contributed by atoms with Crippen molar-refractivity contribution in [2.45, 2.75) is 53.4 Å². The standard InChI is InChI=1S/2C8H15NO/c2*1-4-5-6-9-8(10)7(2)3/h2*2,4-6H2,1,3H3,(H,9,10). The van der Waals surface area contributed by atoms with Crippen LogP contribution in [0.4, 0.5) is 0 Å². The average molecular weight is 282 g/mol. The molecule has 0 aliphatic heterocycles. The first kappa shape index (κ1) is 20.7. The minimum Gasteiger partial charge on any atom is -0.352 e. The van der Waals surface area contributed by atoms with Crippen LogP contribution in [-0.2, 0) is 9.59 Å². The van der Waals surface area contributed by atoms with E-state index in [-0.39, 0.29) is 11.8 Å². The third-order valence-electron chi connectivity index (χ3n) is 2.41. The summed E-state index contributed by atoms with van der Waals surface area (Å²) in [5, 5.41) is 5.49. The Bertz CT molecular complexity index is 290. The molecule has 0 aromatic heterocycles. The highest BCUT2D eigenvalue weighted by atomic mass is 16.2. The lowest BCUT2D eigenvalue weighted by molar-refractivity contribution is -0.118. The van der Waals surface area contributed by atoms with E-state index in [9.17, 15) is 9.59 Å². The Hall–Kier alpha value is -1.58. The van der Waals surface area contributed by atoms with E-state index in [4.69, 9.17) is 0 Å². The van der Waals surface area contributed by atoms with Gasteiger partial charge >= 0.3 is 0 Å². The summed E-state index contributed by atoms with van der Waals surface area (Å²) < 4.78 is 0. The molecule has 0 aromatic rings. The van der Waals surface area contributed by atoms with Gasteiger partial charge in [0.25, 0.3) is 0 Å². The Morgan fingerprint density at radius 1 is 0.800 bits per heavy atom. The first-order valence-corrected chi connectivity index (χ1v) is 7.24. The van der Waals surface area contributed by atoms with Crippen LogP contribution in [-0.4, -0.2) is 24.9 Å². The summed E-state index contributed by atoms with van der Waals surface area (Å²) in [5.41, 5.74) is 1.16. The van der Waals surface area contributed by atoms with E-state index in [1.165, 1.54) is 0 Å². The molecule has 0 spiro atoms. The third kappa shape index (κ3) is 14.5. The molecule has 0 bridgehead atoms. The van der Waals surface area contributed by atoms with Crippen molar-refractivity contribution >= 4 is 11.8 Å². The minimum atomic E-state index is -0.0338. The van der Waals surface area contributed by atoms with Crippen LogP contribution in [0.1, 0.15) is 53.4 Å². The molecule has 0 aliphatic rings. The van der Waals surface area contributed by atoms with Crippen LogP contribution in [0, 0.1) is 0 Å². The molecule has 0 aliphatic carbocycles. The number of nitrogens with one attached hydrogen (secondary N) is 2. The van der Waals surface area contributed by atoms with E-state index >= 15 is 0 Å². The number of carbonyl (C=O) groups is 2. The third-order valence-corrected chi connectivity index (χ3v) is 2.41. The molecular formula is C16H30N2O2. The van der Waals surface area contributed by atoms with E-state index < -0.39 is 0 Å². The van der Waals surface area contributed by atoms with Crippen LogP contribution >= 0.6 is 0 Å². The summed E-state index contributed by atoms with van der Waals surface area (Å²) in [6.45, 7) is 16.2. The maximum Gasteiger partial charge on any atom is 0.246 e. The normalized spacial score (nSPS) is 9.00. The van der Waals surface area contributed by atoms with Gasteiger partial charge in [-0.15, -0.1) is 0 Å². The van der Waals surface area contributed by atoms with Gasteiger partial charge < -0.3 is 10.6 Å². The molecule has 0 fully saturated rings. The summed E-state index contributed by atoms with van der Waals surface area (Å²) in [5.74, 6) is -0.0677. The number of hydrogen-bond acceptors (Lipinski definition) is 2. The highest BCUT2D eigenvalue weighted by Crippen LogP contribution is 1.88. The molecule has 4 heteroatoms. The molecule has 2 amide bonds. The molecule has 2 N–H and O–H groups in total. The Morgan fingerprint density at radius 2 is 1.10 bits per heavy atom. The fourth-order valence-electron chi connectivity index (χ4n) is 1.06. The fourth-order valence-corrected chi connectivity index (χ4v) is 1.06. The largest absolute Gasteiger partial charge is 0.352 e. The lowest BCUT2D eigenvalue weighted by Gasteiger charge is -2.01. The first-order valence-electron chi connectivity index (χ1n) is 7.24. The Kier molecular flexibility index (Phi) is 14.3. The van der Waals surface area contributed by atoms with Crippen LogP contribution < -0.4 is 10.6 Å². The van der Waals surface area contributed by atoms with Gasteiger partial charge in [-0.25, -0.2) is 0 Å². The van der Waals surface area contributed by atoms with Crippen molar-refractivity contribution in [3.8, 4) is 0 Å². The van der Waals surface area contributed by atoms with Gasteiger partial charge in [0.2, 0.25) is 11.8 Å². The number of amides is 2. The molecule has 0 saturated heterocycles. The molecule has 4 nitrogen and oxygen atoms in total. The van der Waals surface area contributed by atoms with Crippen molar-refractivity contribution in [1.82, 2.24) is 10.6 Å². The molecule has 0 unspecified atom stereocenters. The van der Waals surface area contributed by atoms with Crippen molar-refractivity contribution < 1.29 is 9.59 Å². The smallest absolute Gasteiger partial charge is 0.246 e. The Labute approximate surface area is 123 Å². The second kappa shape index (κ2) is 13.8. The van der Waals surface area contributed by atoms with E-state index in [2.05, 4.69) is 37.6 Å². The van der Waals surface area contributed by atoms with Crippen molar-refractivity contribution in [3.05, 3.63) is 24.3 Å². The summed E-state index contributed by atoms with van der Waals surface area (Å²) in [6, 6.07) is 0. The van der Waals surface area contributed by atoms with Gasteiger partial charge in [0.05, 0.1) is 0 Å². The van der Waals surface area contributed by atoms with Gasteiger partial charge in [-0.05, 0) is 26.7 Å². The highest BCUT2D eigenvalue weighted by Gasteiger charge is 1.98. The van der Waals surface area contributed by atoms with Crippen molar-refractivity contribution in [3.63, 3.8) is 0 Å². The average Bonchev–Trinajstić information content (AvgIpc) is 2.39. The maximum atomic E-state index is 10.8. The lowest BCUT2D eigenvalue weighted by atomic mass is 10.3. The number of carbonyl (C=O) groups excluding carboxylic acids is 2. The van der Waals surface area contributed by atoms with Gasteiger partial charge in [-0.3, -0.25) is 9.59 Å². The minimum absolute atomic E-state index is 0.0338. The van der Waals surface area contributed by atoms with Crippen molar-refractivity contribution in [2.75, 3.05) is 13.1 Å². The molecule has 0 radical (unpaired) electrons. The molecule has 0 saturated carbocycles. The van der Waals surface area contributed by atoms with Crippen molar-refractivity contribution in [2.24, 2.45) is 0 Å². The number of rotatable bonds is 8. The fraction of sp³-hybridized carbons (Fsp3) is 0.625. The zero-order valence-electron chi connectivity index (χ0n) is 13.5. The monoisotopic (exact) mass is 282 g/mol. The zero-order chi connectivity index (χ0) is 16.0. The molecule has 0 aromatic carbocycles. The summed E-state index contributed by atoms with van der Waals surface area (Å²) in [7, 11) is 0. The van der Waals surface area contributed by atoms with Gasteiger partial charge in [0.15, 0.2) is 0 Å². The number of hydrogen-bond donors (Lipinski definition) is 2. The van der Waals surface area contributed by atoms with Crippen LogP contribution in [0.15, 0.2) is 24.3 Å². The molecule has 0 heterocycles. The SMILES string of the molecule is C=C(C)C(=O)NCCCC.C=C(C)C(=O)NCCCC. The number of unbranched alkanes of at least 4 members (excludes halogenated alkanes) is 2. The summed E-state index contributed by atoms with van der Waals surface area (Å²) >= 11 is 0. The summed E-state index contributed by atoms with van der Waals surface area (Å²) in [4.78, 5) is 21.6. The van der Waals surface area contributed by atoms with E-state index in [0.717, 1.165) is 38.8 Å². The van der Waals surface area contributed by atoms with Crippen LogP contribution in [0.3, 0.4) is 0 Å². The highest BCUT2D eigenvalue weighted by molar-refractivity contribution is 5.92. The predicted octanol–water partition coefficient (Wildman–Crippen LogP) is 2.96. The Balaban J connectivity index is 0. The molecule has 116 valence electrons. The second-order valence-electron chi connectivity index (χ2n) is 4.78. The molecule has 0 rings (SSSR count). The van der Waals surface area contributed by atoms with Crippen molar-refractivity contribution in [1.29, 1.82) is 0 Å². The molecular weight excluding hydrogens is 252 g/mol.